The molecule has 8 nitrogen and oxygen atoms in total. The zero-order valence-electron chi connectivity index (χ0n) is 18.7. The summed E-state index contributed by atoms with van der Waals surface area (Å²) < 4.78 is 33.8. The summed E-state index contributed by atoms with van der Waals surface area (Å²) in [6.07, 6.45) is 3.40. The molecule has 1 heterocycles. The minimum absolute atomic E-state index is 0.0475. The number of aromatic amines is 1. The number of ether oxygens (including phenoxy) is 1. The van der Waals surface area contributed by atoms with Crippen LogP contribution in [0.2, 0.25) is 0 Å². The third kappa shape index (κ3) is 5.79. The number of nitrogens with one attached hydrogen (secondary N) is 3. The van der Waals surface area contributed by atoms with Crippen LogP contribution in [0.4, 0.5) is 0 Å². The highest BCUT2D eigenvalue weighted by Crippen LogP contribution is 2.27. The van der Waals surface area contributed by atoms with E-state index in [-0.39, 0.29) is 22.8 Å². The molecule has 1 aliphatic carbocycles. The van der Waals surface area contributed by atoms with Gasteiger partial charge in [-0.1, -0.05) is 30.3 Å². The highest BCUT2D eigenvalue weighted by Gasteiger charge is 2.29. The van der Waals surface area contributed by atoms with Gasteiger partial charge in [-0.25, -0.2) is 18.1 Å². The maximum Gasteiger partial charge on any atom is 0.240 e. The molecule has 4 rings (SSSR count). The Bertz CT molecular complexity index is 1190. The van der Waals surface area contributed by atoms with E-state index in [1.807, 2.05) is 30.3 Å². The molecule has 2 aromatic carbocycles. The van der Waals surface area contributed by atoms with Crippen molar-refractivity contribution in [3.8, 4) is 11.4 Å². The predicted molar refractivity (Wildman–Crippen MR) is 127 cm³/mol. The number of hydrogen-bond donors (Lipinski definition) is 3. The molecule has 3 aromatic rings. The van der Waals surface area contributed by atoms with E-state index in [1.165, 1.54) is 0 Å². The topological polar surface area (TPSA) is 113 Å². The SMILES string of the molecule is COCCCNC(=O)C1CCC(NS(=O)(=O)c2ccc3nc(-c4ccccc4)[nH]c3c2)CC1. The average Bonchev–Trinajstić information content (AvgIpc) is 3.26. The number of imidazole rings is 1. The first-order valence-electron chi connectivity index (χ1n) is 11.3. The average molecular weight is 471 g/mol. The molecule has 1 aliphatic rings. The van der Waals surface area contributed by atoms with E-state index in [2.05, 4.69) is 20.0 Å². The monoisotopic (exact) mass is 470 g/mol. The van der Waals surface area contributed by atoms with E-state index in [1.54, 1.807) is 25.3 Å². The summed E-state index contributed by atoms with van der Waals surface area (Å²) in [6.45, 7) is 1.22. The Kier molecular flexibility index (Phi) is 7.42. The minimum atomic E-state index is -3.68. The number of nitrogens with zero attached hydrogens (tertiary/aromatic N) is 1. The fraction of sp³-hybridized carbons (Fsp3) is 0.417. The van der Waals surface area contributed by atoms with Crippen molar-refractivity contribution in [3.63, 3.8) is 0 Å². The van der Waals surface area contributed by atoms with Gasteiger partial charge in [0.05, 0.1) is 15.9 Å². The maximum absolute atomic E-state index is 13.0. The van der Waals surface area contributed by atoms with Crippen molar-refractivity contribution in [1.82, 2.24) is 20.0 Å². The number of benzene rings is 2. The zero-order chi connectivity index (χ0) is 23.3. The number of carbonyl (C=O) groups is 1. The first-order chi connectivity index (χ1) is 16.0. The molecule has 33 heavy (non-hydrogen) atoms. The summed E-state index contributed by atoms with van der Waals surface area (Å²) >= 11 is 0. The molecular weight excluding hydrogens is 440 g/mol. The van der Waals surface area contributed by atoms with Crippen LogP contribution in [0, 0.1) is 5.92 Å². The van der Waals surface area contributed by atoms with E-state index in [0.717, 1.165) is 12.0 Å². The Labute approximate surface area is 194 Å². The standard InChI is InChI=1S/C24H30N4O4S/c1-32-15-5-14-25-24(29)18-8-10-19(11-9-18)28-33(30,31)20-12-13-21-22(16-20)27-23(26-21)17-6-3-2-4-7-17/h2-4,6-7,12-13,16,18-19,28H,5,8-11,14-15H2,1H3,(H,25,29)(H,26,27). The van der Waals surface area contributed by atoms with Crippen LogP contribution in [0.25, 0.3) is 22.4 Å². The Hall–Kier alpha value is -2.75. The predicted octanol–water partition coefficient (Wildman–Crippen LogP) is 3.22. The van der Waals surface area contributed by atoms with E-state index >= 15 is 0 Å². The van der Waals surface area contributed by atoms with Crippen LogP contribution >= 0.6 is 0 Å². The number of fused-ring (bicyclic) bond motifs is 1. The lowest BCUT2D eigenvalue weighted by atomic mass is 9.86. The van der Waals surface area contributed by atoms with Gasteiger partial charge in [-0.2, -0.15) is 0 Å². The van der Waals surface area contributed by atoms with Gasteiger partial charge in [0.25, 0.3) is 0 Å². The highest BCUT2D eigenvalue weighted by molar-refractivity contribution is 7.89. The van der Waals surface area contributed by atoms with Crippen LogP contribution in [-0.4, -0.2) is 50.6 Å². The van der Waals surface area contributed by atoms with Crippen molar-refractivity contribution in [2.24, 2.45) is 5.92 Å². The number of aromatic nitrogens is 2. The fourth-order valence-corrected chi connectivity index (χ4v) is 5.55. The second-order valence-electron chi connectivity index (χ2n) is 8.44. The van der Waals surface area contributed by atoms with Crippen LogP contribution in [-0.2, 0) is 19.6 Å². The number of amides is 1. The van der Waals surface area contributed by atoms with Crippen LogP contribution in [0.15, 0.2) is 53.4 Å². The zero-order valence-corrected chi connectivity index (χ0v) is 19.5. The lowest BCUT2D eigenvalue weighted by Crippen LogP contribution is -2.41. The first-order valence-corrected chi connectivity index (χ1v) is 12.8. The van der Waals surface area contributed by atoms with Gasteiger partial charge >= 0.3 is 0 Å². The summed E-state index contributed by atoms with van der Waals surface area (Å²) in [7, 11) is -2.04. The third-order valence-corrected chi connectivity index (χ3v) is 7.57. The molecule has 9 heteroatoms. The summed E-state index contributed by atoms with van der Waals surface area (Å²) in [6, 6.07) is 14.5. The van der Waals surface area contributed by atoms with Crippen molar-refractivity contribution in [2.75, 3.05) is 20.3 Å². The molecule has 1 fully saturated rings. The fourth-order valence-electron chi connectivity index (χ4n) is 4.22. The van der Waals surface area contributed by atoms with Gasteiger partial charge in [0.15, 0.2) is 0 Å². The first kappa shape index (κ1) is 23.4. The van der Waals surface area contributed by atoms with Gasteiger partial charge in [0, 0.05) is 37.8 Å². The smallest absolute Gasteiger partial charge is 0.240 e. The maximum atomic E-state index is 13.0. The summed E-state index contributed by atoms with van der Waals surface area (Å²) in [5.74, 6) is 0.685. The number of sulfonamides is 1. The molecule has 0 aliphatic heterocycles. The molecule has 0 bridgehead atoms. The van der Waals surface area contributed by atoms with Crippen molar-refractivity contribution in [1.29, 1.82) is 0 Å². The molecule has 1 amide bonds. The second kappa shape index (κ2) is 10.5. The van der Waals surface area contributed by atoms with E-state index in [9.17, 15) is 13.2 Å². The molecule has 0 radical (unpaired) electrons. The van der Waals surface area contributed by atoms with Crippen molar-refractivity contribution >= 4 is 27.0 Å². The lowest BCUT2D eigenvalue weighted by Gasteiger charge is -2.28. The molecule has 176 valence electrons. The molecule has 0 atom stereocenters. The highest BCUT2D eigenvalue weighted by atomic mass is 32.2. The van der Waals surface area contributed by atoms with Crippen molar-refractivity contribution < 1.29 is 17.9 Å². The Morgan fingerprint density at radius 2 is 1.88 bits per heavy atom. The lowest BCUT2D eigenvalue weighted by molar-refractivity contribution is -0.126. The minimum Gasteiger partial charge on any atom is -0.385 e. The molecule has 0 unspecified atom stereocenters. The van der Waals surface area contributed by atoms with Crippen LogP contribution in [0.3, 0.4) is 0 Å². The van der Waals surface area contributed by atoms with Crippen LogP contribution in [0.5, 0.6) is 0 Å². The van der Waals surface area contributed by atoms with Crippen LogP contribution < -0.4 is 10.0 Å². The molecule has 0 saturated heterocycles. The van der Waals surface area contributed by atoms with Gasteiger partial charge in [0.2, 0.25) is 15.9 Å². The van der Waals surface area contributed by atoms with Gasteiger partial charge in [-0.3, -0.25) is 4.79 Å². The molecule has 1 aromatic heterocycles. The number of H-pyrrole nitrogens is 1. The normalized spacial score (nSPS) is 18.9. The molecule has 3 N–H and O–H groups in total. The van der Waals surface area contributed by atoms with Gasteiger partial charge < -0.3 is 15.0 Å². The largest absolute Gasteiger partial charge is 0.385 e. The van der Waals surface area contributed by atoms with Gasteiger partial charge in [-0.15, -0.1) is 0 Å². The molecule has 0 spiro atoms. The molecular formula is C24H30N4O4S. The quantitative estimate of drug-likeness (QED) is 0.416. The Morgan fingerprint density at radius 1 is 1.12 bits per heavy atom. The van der Waals surface area contributed by atoms with E-state index < -0.39 is 10.0 Å². The number of hydrogen-bond acceptors (Lipinski definition) is 5. The Morgan fingerprint density at radius 3 is 2.61 bits per heavy atom. The third-order valence-electron chi connectivity index (χ3n) is 6.06. The summed E-state index contributed by atoms with van der Waals surface area (Å²) in [5, 5.41) is 2.94. The van der Waals surface area contributed by atoms with E-state index in [0.29, 0.717) is 55.7 Å². The summed E-state index contributed by atoms with van der Waals surface area (Å²) in [5.41, 5.74) is 2.33. The van der Waals surface area contributed by atoms with Crippen molar-refractivity contribution in [3.05, 3.63) is 48.5 Å². The Balaban J connectivity index is 1.36. The molecule has 1 saturated carbocycles. The van der Waals surface area contributed by atoms with Gasteiger partial charge in [0.1, 0.15) is 5.82 Å². The second-order valence-corrected chi connectivity index (χ2v) is 10.2. The summed E-state index contributed by atoms with van der Waals surface area (Å²) in [4.78, 5) is 20.3. The number of methoxy groups -OCH3 is 1. The van der Waals surface area contributed by atoms with Crippen molar-refractivity contribution in [2.45, 2.75) is 43.0 Å². The van der Waals surface area contributed by atoms with E-state index in [4.69, 9.17) is 4.74 Å². The van der Waals surface area contributed by atoms with Gasteiger partial charge in [-0.05, 0) is 50.3 Å². The van der Waals surface area contributed by atoms with Crippen LogP contribution in [0.1, 0.15) is 32.1 Å². The number of carbonyl (C=O) groups excluding carboxylic acids is 1. The number of rotatable bonds is 9.